The zero-order valence-electron chi connectivity index (χ0n) is 21.3. The van der Waals surface area contributed by atoms with Gasteiger partial charge in [0.05, 0.1) is 12.9 Å². The minimum Gasteiger partial charge on any atom is -0.493 e. The predicted molar refractivity (Wildman–Crippen MR) is 140 cm³/mol. The Balaban J connectivity index is 1.47. The molecule has 10 nitrogen and oxygen atoms in total. The summed E-state index contributed by atoms with van der Waals surface area (Å²) in [4.78, 5) is 16.0. The van der Waals surface area contributed by atoms with Crippen LogP contribution in [0.2, 0.25) is 0 Å². The van der Waals surface area contributed by atoms with Crippen LogP contribution in [0.25, 0.3) is 0 Å². The molecule has 198 valence electrons. The van der Waals surface area contributed by atoms with Crippen LogP contribution in [0.3, 0.4) is 0 Å². The van der Waals surface area contributed by atoms with Crippen molar-refractivity contribution in [3.63, 3.8) is 0 Å². The van der Waals surface area contributed by atoms with Gasteiger partial charge in [0.15, 0.2) is 17.5 Å². The lowest BCUT2D eigenvalue weighted by Gasteiger charge is -2.32. The molecular formula is C27H35N5O5. The number of methoxy groups -OCH3 is 1. The van der Waals surface area contributed by atoms with E-state index in [4.69, 9.17) is 30.8 Å². The summed E-state index contributed by atoms with van der Waals surface area (Å²) >= 11 is 0. The molecule has 2 aromatic carbocycles. The third kappa shape index (κ3) is 6.25. The Bertz CT molecular complexity index is 1140. The molecule has 1 atom stereocenters. The number of carboxylic acid groups (broad SMARTS) is 1. The van der Waals surface area contributed by atoms with Crippen LogP contribution in [0.5, 0.6) is 17.2 Å². The molecule has 2 aliphatic rings. The first-order valence-electron chi connectivity index (χ1n) is 12.5. The standard InChI is InChI=1S/C27H35N5O5/c1-17(28)31-13-9-22(10-14-31)36-21-5-3-18(4-6-21)25(26(33)34)37-24-16-20-8-12-32(27(29)30)11-7-19(20)15-23(24)35-2/h3-6,15-16,22,25,28H,7-14H2,1-2H3,(H3,29,30)(H,33,34). The number of likely N-dealkylation sites (tertiary alicyclic amines) is 1. The van der Waals surface area contributed by atoms with Crippen LogP contribution in [0, 0.1) is 10.8 Å². The van der Waals surface area contributed by atoms with Crippen molar-refractivity contribution >= 4 is 17.8 Å². The molecule has 1 fully saturated rings. The molecule has 0 radical (unpaired) electrons. The lowest BCUT2D eigenvalue weighted by molar-refractivity contribution is -0.145. The number of carboxylic acids is 1. The van der Waals surface area contributed by atoms with Gasteiger partial charge in [-0.25, -0.2) is 4.79 Å². The molecule has 0 amide bonds. The number of benzene rings is 2. The van der Waals surface area contributed by atoms with Gasteiger partial charge in [0, 0.05) is 44.6 Å². The van der Waals surface area contributed by atoms with E-state index in [2.05, 4.69) is 0 Å². The highest BCUT2D eigenvalue weighted by atomic mass is 16.5. The van der Waals surface area contributed by atoms with Crippen molar-refractivity contribution in [1.82, 2.24) is 9.80 Å². The quantitative estimate of drug-likeness (QED) is 0.329. The van der Waals surface area contributed by atoms with Crippen LogP contribution in [0.15, 0.2) is 36.4 Å². The first kappa shape index (κ1) is 26.1. The molecule has 2 heterocycles. The first-order chi connectivity index (χ1) is 17.7. The van der Waals surface area contributed by atoms with Crippen molar-refractivity contribution in [1.29, 1.82) is 10.8 Å². The number of guanidine groups is 1. The van der Waals surface area contributed by atoms with E-state index in [0.29, 0.717) is 54.6 Å². The zero-order valence-corrected chi connectivity index (χ0v) is 21.3. The zero-order chi connectivity index (χ0) is 26.5. The fourth-order valence-electron chi connectivity index (χ4n) is 4.84. The second-order valence-corrected chi connectivity index (χ2v) is 9.44. The summed E-state index contributed by atoms with van der Waals surface area (Å²) in [6.45, 7) is 4.63. The largest absolute Gasteiger partial charge is 0.493 e. The fraction of sp³-hybridized carbons (Fsp3) is 0.444. The van der Waals surface area contributed by atoms with Crippen molar-refractivity contribution in [2.75, 3.05) is 33.3 Å². The molecule has 10 heteroatoms. The Labute approximate surface area is 216 Å². The topological polar surface area (TPSA) is 145 Å². The Hall–Kier alpha value is -3.95. The maximum absolute atomic E-state index is 12.2. The Kier molecular flexibility index (Phi) is 8.05. The van der Waals surface area contributed by atoms with Gasteiger partial charge in [0.25, 0.3) is 0 Å². The van der Waals surface area contributed by atoms with Crippen LogP contribution in [-0.4, -0.2) is 72.1 Å². The minimum absolute atomic E-state index is 0.0431. The monoisotopic (exact) mass is 509 g/mol. The third-order valence-electron chi connectivity index (χ3n) is 7.00. The fourth-order valence-corrected chi connectivity index (χ4v) is 4.84. The van der Waals surface area contributed by atoms with Crippen molar-refractivity contribution in [3.8, 4) is 17.2 Å². The number of aliphatic carboxylic acids is 1. The summed E-state index contributed by atoms with van der Waals surface area (Å²) in [5, 5.41) is 25.5. The van der Waals surface area contributed by atoms with Crippen LogP contribution in [0.1, 0.15) is 42.6 Å². The van der Waals surface area contributed by atoms with Crippen molar-refractivity contribution in [2.24, 2.45) is 5.73 Å². The normalized spacial score (nSPS) is 16.8. The number of piperidine rings is 1. The predicted octanol–water partition coefficient (Wildman–Crippen LogP) is 3.03. The van der Waals surface area contributed by atoms with E-state index in [0.717, 1.165) is 37.1 Å². The lowest BCUT2D eigenvalue weighted by Crippen LogP contribution is -2.40. The van der Waals surface area contributed by atoms with E-state index in [1.54, 1.807) is 31.2 Å². The summed E-state index contributed by atoms with van der Waals surface area (Å²) in [5.41, 5.74) is 8.27. The lowest BCUT2D eigenvalue weighted by atomic mass is 10.0. The highest BCUT2D eigenvalue weighted by Gasteiger charge is 2.26. The number of hydrogen-bond acceptors (Lipinski definition) is 6. The molecule has 0 saturated carbocycles. The summed E-state index contributed by atoms with van der Waals surface area (Å²) in [7, 11) is 1.53. The molecule has 4 rings (SSSR count). The minimum atomic E-state index is -1.22. The number of nitrogens with one attached hydrogen (secondary N) is 2. The van der Waals surface area contributed by atoms with E-state index < -0.39 is 12.1 Å². The van der Waals surface area contributed by atoms with Crippen LogP contribution in [-0.2, 0) is 17.6 Å². The van der Waals surface area contributed by atoms with Crippen molar-refractivity contribution in [2.45, 2.75) is 44.8 Å². The first-order valence-corrected chi connectivity index (χ1v) is 12.5. The highest BCUT2D eigenvalue weighted by Crippen LogP contribution is 2.36. The van der Waals surface area contributed by atoms with Crippen LogP contribution in [0.4, 0.5) is 0 Å². The summed E-state index contributed by atoms with van der Waals surface area (Å²) in [6.07, 6.45) is 1.88. The van der Waals surface area contributed by atoms with E-state index in [9.17, 15) is 9.90 Å². The molecule has 1 saturated heterocycles. The molecule has 2 aliphatic heterocycles. The summed E-state index contributed by atoms with van der Waals surface area (Å²) < 4.78 is 17.7. The van der Waals surface area contributed by atoms with E-state index >= 15 is 0 Å². The molecule has 1 unspecified atom stereocenters. The van der Waals surface area contributed by atoms with Crippen molar-refractivity contribution in [3.05, 3.63) is 53.1 Å². The Morgan fingerprint density at radius 3 is 2.11 bits per heavy atom. The number of rotatable bonds is 7. The Morgan fingerprint density at radius 1 is 1.00 bits per heavy atom. The van der Waals surface area contributed by atoms with E-state index in [1.807, 2.05) is 21.9 Å². The second-order valence-electron chi connectivity index (χ2n) is 9.44. The maximum Gasteiger partial charge on any atom is 0.349 e. The average molecular weight is 510 g/mol. The molecule has 2 aromatic rings. The highest BCUT2D eigenvalue weighted by molar-refractivity contribution is 5.76. The molecule has 5 N–H and O–H groups in total. The van der Waals surface area contributed by atoms with Crippen LogP contribution < -0.4 is 19.9 Å². The number of fused-ring (bicyclic) bond motifs is 1. The van der Waals surface area contributed by atoms with Gasteiger partial charge in [-0.3, -0.25) is 10.8 Å². The van der Waals surface area contributed by atoms with E-state index in [1.165, 1.54) is 7.11 Å². The van der Waals surface area contributed by atoms with Gasteiger partial charge in [-0.15, -0.1) is 0 Å². The Morgan fingerprint density at radius 2 is 1.59 bits per heavy atom. The number of nitrogens with two attached hydrogens (primary N) is 1. The number of carbonyl (C=O) groups is 1. The SMILES string of the molecule is COc1cc2c(cc1OC(C(=O)O)c1ccc(OC3CCN(C(C)=N)CC3)cc1)CCN(C(=N)N)CC2. The average Bonchev–Trinajstić information content (AvgIpc) is 3.09. The molecule has 0 aliphatic carbocycles. The smallest absolute Gasteiger partial charge is 0.349 e. The molecule has 0 bridgehead atoms. The number of nitrogens with zero attached hydrogens (tertiary/aromatic N) is 2. The number of ether oxygens (including phenoxy) is 3. The summed E-state index contributed by atoms with van der Waals surface area (Å²) in [6, 6.07) is 10.7. The maximum atomic E-state index is 12.2. The van der Waals surface area contributed by atoms with Gasteiger partial charge in [0.2, 0.25) is 6.10 Å². The second kappa shape index (κ2) is 11.4. The molecular weight excluding hydrogens is 474 g/mol. The third-order valence-corrected chi connectivity index (χ3v) is 7.00. The van der Waals surface area contributed by atoms with Gasteiger partial charge in [-0.1, -0.05) is 12.1 Å². The molecule has 37 heavy (non-hydrogen) atoms. The molecule has 0 aromatic heterocycles. The molecule has 0 spiro atoms. The number of hydrogen-bond donors (Lipinski definition) is 4. The van der Waals surface area contributed by atoms with Crippen LogP contribution >= 0.6 is 0 Å². The van der Waals surface area contributed by atoms with Gasteiger partial charge >= 0.3 is 5.97 Å². The van der Waals surface area contributed by atoms with Gasteiger partial charge in [-0.2, -0.15) is 0 Å². The summed E-state index contributed by atoms with van der Waals surface area (Å²) in [5.74, 6) is 1.01. The van der Waals surface area contributed by atoms with E-state index in [-0.39, 0.29) is 12.1 Å². The van der Waals surface area contributed by atoms with Gasteiger partial charge in [-0.05, 0) is 55.2 Å². The van der Waals surface area contributed by atoms with Gasteiger partial charge in [0.1, 0.15) is 11.9 Å². The van der Waals surface area contributed by atoms with Crippen molar-refractivity contribution < 1.29 is 24.1 Å². The number of amidine groups is 1. The van der Waals surface area contributed by atoms with Gasteiger partial charge < -0.3 is 34.9 Å².